The van der Waals surface area contributed by atoms with Crippen LogP contribution in [0.1, 0.15) is 0 Å². The van der Waals surface area contributed by atoms with E-state index in [2.05, 4.69) is 19.8 Å². The van der Waals surface area contributed by atoms with Crippen LogP contribution in [0.25, 0.3) is 0 Å². The van der Waals surface area contributed by atoms with E-state index in [4.69, 9.17) is 0 Å². The maximum absolute atomic E-state index is 4.32. The van der Waals surface area contributed by atoms with E-state index in [1.807, 2.05) is 48.8 Å². The van der Waals surface area contributed by atoms with Crippen molar-refractivity contribution in [1.82, 2.24) is 9.97 Å². The van der Waals surface area contributed by atoms with E-state index in [-0.39, 0.29) is 12.4 Å². The van der Waals surface area contributed by atoms with Gasteiger partial charge in [0.05, 0.1) is 0 Å². The second-order valence-corrected chi connectivity index (χ2v) is 3.76. The molecule has 0 bridgehead atoms. The monoisotopic (exact) mass is 260 g/mol. The van der Waals surface area contributed by atoms with Gasteiger partial charge in [-0.15, -0.1) is 12.4 Å². The van der Waals surface area contributed by atoms with Crippen molar-refractivity contribution in [3.05, 3.63) is 61.2 Å². The van der Waals surface area contributed by atoms with Crippen LogP contribution >= 0.6 is 12.4 Å². The largest absolute Gasteiger partial charge is 0.313 e. The third-order valence-corrected chi connectivity index (χ3v) is 2.62. The summed E-state index contributed by atoms with van der Waals surface area (Å²) < 4.78 is 0. The molecule has 18 heavy (non-hydrogen) atoms. The normalized spacial score (nSPS) is 13.6. The molecular weight excluding hydrogens is 248 g/mol. The first-order valence-electron chi connectivity index (χ1n) is 5.47. The highest BCUT2D eigenvalue weighted by molar-refractivity contribution is 5.85. The lowest BCUT2D eigenvalue weighted by Gasteiger charge is -2.19. The summed E-state index contributed by atoms with van der Waals surface area (Å²) in [7, 11) is 0. The molecule has 0 aliphatic carbocycles. The first kappa shape index (κ1) is 12.4. The Morgan fingerprint density at radius 1 is 0.778 bits per heavy atom. The van der Waals surface area contributed by atoms with Crippen LogP contribution in [0.3, 0.4) is 0 Å². The molecule has 4 nitrogen and oxygen atoms in total. The Labute approximate surface area is 112 Å². The smallest absolute Gasteiger partial charge is 0.133 e. The van der Waals surface area contributed by atoms with Crippen LogP contribution in [0.2, 0.25) is 0 Å². The summed E-state index contributed by atoms with van der Waals surface area (Å²) in [5, 5.41) is 0. The summed E-state index contributed by atoms with van der Waals surface area (Å²) in [5.41, 5.74) is 0. The molecule has 1 aliphatic heterocycles. The number of nitrogens with zero attached hydrogens (tertiary/aromatic N) is 4. The van der Waals surface area contributed by atoms with Gasteiger partial charge < -0.3 is 9.80 Å². The Morgan fingerprint density at radius 2 is 1.28 bits per heavy atom. The van der Waals surface area contributed by atoms with Gasteiger partial charge in [0.15, 0.2) is 0 Å². The zero-order valence-electron chi connectivity index (χ0n) is 9.68. The van der Waals surface area contributed by atoms with Gasteiger partial charge in [-0.1, -0.05) is 12.1 Å². The minimum atomic E-state index is 0. The van der Waals surface area contributed by atoms with Crippen molar-refractivity contribution < 1.29 is 0 Å². The van der Waals surface area contributed by atoms with E-state index in [1.54, 1.807) is 12.4 Å². The number of halogens is 1. The third-order valence-electron chi connectivity index (χ3n) is 2.62. The first-order valence-corrected chi connectivity index (χ1v) is 5.47. The average molecular weight is 261 g/mol. The van der Waals surface area contributed by atoms with Gasteiger partial charge in [0.25, 0.3) is 0 Å². The van der Waals surface area contributed by atoms with Crippen LogP contribution < -0.4 is 9.80 Å². The topological polar surface area (TPSA) is 32.3 Å². The highest BCUT2D eigenvalue weighted by Crippen LogP contribution is 2.20. The molecule has 92 valence electrons. The number of hydrogen-bond donors (Lipinski definition) is 0. The molecule has 5 heteroatoms. The highest BCUT2D eigenvalue weighted by Gasteiger charge is 2.16. The van der Waals surface area contributed by atoms with Crippen molar-refractivity contribution in [3.63, 3.8) is 0 Å². The van der Waals surface area contributed by atoms with Crippen molar-refractivity contribution in [2.24, 2.45) is 0 Å². The fourth-order valence-electron chi connectivity index (χ4n) is 1.76. The standard InChI is InChI=1S/C13H12N4.ClH/c1-3-7-14-12(5-1)16-9-10-17(11-16)13-6-2-4-8-15-13;/h1-10H,11H2;1H. The van der Waals surface area contributed by atoms with E-state index in [0.717, 1.165) is 18.3 Å². The summed E-state index contributed by atoms with van der Waals surface area (Å²) >= 11 is 0. The lowest BCUT2D eigenvalue weighted by molar-refractivity contribution is 0.936. The molecule has 0 fully saturated rings. The van der Waals surface area contributed by atoms with Crippen LogP contribution in [0, 0.1) is 0 Å². The molecule has 0 N–H and O–H groups in total. The summed E-state index contributed by atoms with van der Waals surface area (Å²) in [5.74, 6) is 1.89. The predicted octanol–water partition coefficient (Wildman–Crippen LogP) is 2.65. The third kappa shape index (κ3) is 2.43. The number of aromatic nitrogens is 2. The molecule has 0 atom stereocenters. The fraction of sp³-hybridized carbons (Fsp3) is 0.0769. The Kier molecular flexibility index (Phi) is 3.79. The molecule has 0 spiro atoms. The number of anilines is 2. The van der Waals surface area contributed by atoms with Crippen LogP contribution in [0.4, 0.5) is 11.6 Å². The first-order chi connectivity index (χ1) is 8.43. The minimum Gasteiger partial charge on any atom is -0.313 e. The highest BCUT2D eigenvalue weighted by atomic mass is 35.5. The van der Waals surface area contributed by atoms with Crippen molar-refractivity contribution in [2.75, 3.05) is 16.5 Å². The van der Waals surface area contributed by atoms with Gasteiger partial charge in [0, 0.05) is 24.8 Å². The van der Waals surface area contributed by atoms with Crippen molar-refractivity contribution >= 4 is 24.0 Å². The van der Waals surface area contributed by atoms with E-state index >= 15 is 0 Å². The van der Waals surface area contributed by atoms with Gasteiger partial charge in [0.2, 0.25) is 0 Å². The van der Waals surface area contributed by atoms with Crippen LogP contribution in [-0.2, 0) is 0 Å². The lowest BCUT2D eigenvalue weighted by Crippen LogP contribution is -2.25. The van der Waals surface area contributed by atoms with Crippen LogP contribution in [-0.4, -0.2) is 16.6 Å². The maximum atomic E-state index is 4.32. The molecule has 0 saturated heterocycles. The van der Waals surface area contributed by atoms with Crippen molar-refractivity contribution in [3.8, 4) is 0 Å². The Hall–Kier alpha value is -2.07. The van der Waals surface area contributed by atoms with E-state index in [0.29, 0.717) is 0 Å². The minimum absolute atomic E-state index is 0. The fourth-order valence-corrected chi connectivity index (χ4v) is 1.76. The molecule has 0 radical (unpaired) electrons. The van der Waals surface area contributed by atoms with E-state index < -0.39 is 0 Å². The van der Waals surface area contributed by atoms with Gasteiger partial charge >= 0.3 is 0 Å². The number of hydrogen-bond acceptors (Lipinski definition) is 4. The van der Waals surface area contributed by atoms with Crippen molar-refractivity contribution in [1.29, 1.82) is 0 Å². The molecule has 0 amide bonds. The maximum Gasteiger partial charge on any atom is 0.133 e. The zero-order valence-corrected chi connectivity index (χ0v) is 10.5. The van der Waals surface area contributed by atoms with Gasteiger partial charge in [-0.2, -0.15) is 0 Å². The van der Waals surface area contributed by atoms with Crippen LogP contribution in [0.5, 0.6) is 0 Å². The Balaban J connectivity index is 0.00000120. The second kappa shape index (κ2) is 5.51. The van der Waals surface area contributed by atoms with Crippen molar-refractivity contribution in [2.45, 2.75) is 0 Å². The van der Waals surface area contributed by atoms with Gasteiger partial charge in [0.1, 0.15) is 18.3 Å². The quantitative estimate of drug-likeness (QED) is 0.831. The van der Waals surface area contributed by atoms with Gasteiger partial charge in [-0.05, 0) is 24.3 Å². The summed E-state index contributed by atoms with van der Waals surface area (Å²) in [6, 6.07) is 11.8. The summed E-state index contributed by atoms with van der Waals surface area (Å²) in [6.45, 7) is 0.744. The van der Waals surface area contributed by atoms with Crippen LogP contribution in [0.15, 0.2) is 61.2 Å². The molecule has 2 aromatic heterocycles. The number of pyridine rings is 2. The lowest BCUT2D eigenvalue weighted by atomic mass is 10.4. The van der Waals surface area contributed by atoms with Gasteiger partial charge in [-0.3, -0.25) is 0 Å². The molecule has 0 saturated carbocycles. The summed E-state index contributed by atoms with van der Waals surface area (Å²) in [6.07, 6.45) is 7.62. The predicted molar refractivity (Wildman–Crippen MR) is 74.7 cm³/mol. The molecule has 3 rings (SSSR count). The molecule has 0 unspecified atom stereocenters. The molecular formula is C13H13ClN4. The van der Waals surface area contributed by atoms with E-state index in [1.165, 1.54) is 0 Å². The Morgan fingerprint density at radius 3 is 1.67 bits per heavy atom. The molecule has 1 aliphatic rings. The number of rotatable bonds is 2. The van der Waals surface area contributed by atoms with E-state index in [9.17, 15) is 0 Å². The van der Waals surface area contributed by atoms with Gasteiger partial charge in [-0.25, -0.2) is 9.97 Å². The SMILES string of the molecule is C1=CN(c2ccccn2)CN1c1ccccn1.Cl. The second-order valence-electron chi connectivity index (χ2n) is 3.76. The molecule has 2 aromatic rings. The molecule has 3 heterocycles. The average Bonchev–Trinajstić information content (AvgIpc) is 2.90. The summed E-state index contributed by atoms with van der Waals surface area (Å²) in [4.78, 5) is 12.8. The molecule has 0 aromatic carbocycles. The Bertz CT molecular complexity index is 468. The zero-order chi connectivity index (χ0) is 11.5.